The van der Waals surface area contributed by atoms with E-state index in [1.807, 2.05) is 0 Å². The molecule has 2 rings (SSSR count). The van der Waals surface area contributed by atoms with Gasteiger partial charge in [-0.2, -0.15) is 0 Å². The van der Waals surface area contributed by atoms with Gasteiger partial charge in [-0.1, -0.05) is 24.6 Å². The normalized spacial score (nSPS) is 20.2. The Hall–Kier alpha value is -2.08. The van der Waals surface area contributed by atoms with E-state index >= 15 is 0 Å². The zero-order valence-electron chi connectivity index (χ0n) is 11.0. The summed E-state index contributed by atoms with van der Waals surface area (Å²) in [4.78, 5) is 11.8. The molecule has 1 unspecified atom stereocenters. The summed E-state index contributed by atoms with van der Waals surface area (Å²) in [6.07, 6.45) is 0.989. The Morgan fingerprint density at radius 2 is 2.26 bits per heavy atom. The lowest BCUT2D eigenvalue weighted by Gasteiger charge is -2.25. The Balaban J connectivity index is 2.50. The third-order valence-corrected chi connectivity index (χ3v) is 3.22. The fraction of sp³-hybridized carbons (Fsp3) is 0.312. The van der Waals surface area contributed by atoms with E-state index < -0.39 is 11.6 Å². The SMILES string of the molecule is C=C(C)C(=O)OC1(C#CC)CCc2c(F)cccc21. The first kappa shape index (κ1) is 13.4. The number of rotatable bonds is 2. The van der Waals surface area contributed by atoms with Gasteiger partial charge in [-0.15, -0.1) is 5.92 Å². The van der Waals surface area contributed by atoms with Gasteiger partial charge in [-0.25, -0.2) is 9.18 Å². The second-order valence-corrected chi connectivity index (χ2v) is 4.64. The number of ether oxygens (including phenoxy) is 1. The number of hydrogen-bond donors (Lipinski definition) is 0. The summed E-state index contributed by atoms with van der Waals surface area (Å²) in [5.74, 6) is 4.93. The maximum absolute atomic E-state index is 13.8. The van der Waals surface area contributed by atoms with Gasteiger partial charge in [-0.3, -0.25) is 0 Å². The van der Waals surface area contributed by atoms with Crippen molar-refractivity contribution in [1.82, 2.24) is 0 Å². The van der Waals surface area contributed by atoms with Gasteiger partial charge in [-0.05, 0) is 31.9 Å². The first-order chi connectivity index (χ1) is 9.00. The molecule has 1 aromatic carbocycles. The maximum atomic E-state index is 13.8. The summed E-state index contributed by atoms with van der Waals surface area (Å²) in [5.41, 5.74) is 0.501. The van der Waals surface area contributed by atoms with E-state index in [1.54, 1.807) is 26.0 Å². The Morgan fingerprint density at radius 1 is 1.53 bits per heavy atom. The summed E-state index contributed by atoms with van der Waals surface area (Å²) in [7, 11) is 0. The first-order valence-electron chi connectivity index (χ1n) is 6.11. The van der Waals surface area contributed by atoms with Crippen molar-refractivity contribution in [3.63, 3.8) is 0 Å². The van der Waals surface area contributed by atoms with Crippen LogP contribution in [0.4, 0.5) is 4.39 Å². The Kier molecular flexibility index (Phi) is 3.44. The zero-order chi connectivity index (χ0) is 14.0. The molecule has 1 atom stereocenters. The number of halogens is 1. The molecule has 0 saturated carbocycles. The van der Waals surface area contributed by atoms with E-state index in [4.69, 9.17) is 4.74 Å². The van der Waals surface area contributed by atoms with E-state index in [-0.39, 0.29) is 5.82 Å². The summed E-state index contributed by atoms with van der Waals surface area (Å²) < 4.78 is 19.3. The minimum Gasteiger partial charge on any atom is -0.438 e. The van der Waals surface area contributed by atoms with Gasteiger partial charge < -0.3 is 4.74 Å². The number of carbonyl (C=O) groups is 1. The van der Waals surface area contributed by atoms with Crippen LogP contribution in [0, 0.1) is 17.7 Å². The third kappa shape index (κ3) is 2.26. The van der Waals surface area contributed by atoms with Crippen molar-refractivity contribution in [2.24, 2.45) is 0 Å². The van der Waals surface area contributed by atoms with Gasteiger partial charge in [0.05, 0.1) is 0 Å². The van der Waals surface area contributed by atoms with Crippen molar-refractivity contribution in [2.45, 2.75) is 32.3 Å². The minimum atomic E-state index is -1.04. The molecule has 0 spiro atoms. The molecule has 1 aliphatic carbocycles. The number of carbonyl (C=O) groups excluding carboxylic acids is 1. The monoisotopic (exact) mass is 258 g/mol. The number of hydrogen-bond acceptors (Lipinski definition) is 2. The van der Waals surface area contributed by atoms with E-state index in [0.717, 1.165) is 0 Å². The van der Waals surface area contributed by atoms with Crippen LogP contribution in [-0.2, 0) is 21.6 Å². The summed E-state index contributed by atoms with van der Waals surface area (Å²) in [5, 5.41) is 0. The lowest BCUT2D eigenvalue weighted by atomic mass is 9.96. The average molecular weight is 258 g/mol. The average Bonchev–Trinajstić information content (AvgIpc) is 2.70. The molecule has 0 aliphatic heterocycles. The third-order valence-electron chi connectivity index (χ3n) is 3.22. The second kappa shape index (κ2) is 4.89. The molecule has 3 heteroatoms. The highest BCUT2D eigenvalue weighted by Crippen LogP contribution is 2.41. The van der Waals surface area contributed by atoms with Crippen LogP contribution in [0.15, 0.2) is 30.4 Å². The molecule has 2 nitrogen and oxygen atoms in total. The van der Waals surface area contributed by atoms with Crippen molar-refractivity contribution < 1.29 is 13.9 Å². The van der Waals surface area contributed by atoms with E-state index in [0.29, 0.717) is 29.5 Å². The summed E-state index contributed by atoms with van der Waals surface area (Å²) >= 11 is 0. The van der Waals surface area contributed by atoms with Gasteiger partial charge in [0.1, 0.15) is 5.82 Å². The van der Waals surface area contributed by atoms with Gasteiger partial charge in [0.2, 0.25) is 0 Å². The van der Waals surface area contributed by atoms with Crippen molar-refractivity contribution in [1.29, 1.82) is 0 Å². The van der Waals surface area contributed by atoms with Gasteiger partial charge in [0, 0.05) is 17.6 Å². The van der Waals surface area contributed by atoms with Gasteiger partial charge >= 0.3 is 5.97 Å². The van der Waals surface area contributed by atoms with Crippen LogP contribution in [0.3, 0.4) is 0 Å². The molecular weight excluding hydrogens is 243 g/mol. The molecule has 1 aromatic rings. The predicted octanol–water partition coefficient (Wildman–Crippen LogP) is 3.11. The molecule has 0 radical (unpaired) electrons. The highest BCUT2D eigenvalue weighted by molar-refractivity contribution is 5.87. The minimum absolute atomic E-state index is 0.274. The van der Waals surface area contributed by atoms with E-state index in [1.165, 1.54) is 6.07 Å². The number of esters is 1. The molecule has 0 fully saturated rings. The molecule has 0 saturated heterocycles. The molecule has 98 valence electrons. The quantitative estimate of drug-likeness (QED) is 0.463. The van der Waals surface area contributed by atoms with E-state index in [2.05, 4.69) is 18.4 Å². The summed E-state index contributed by atoms with van der Waals surface area (Å²) in [6, 6.07) is 4.79. The molecule has 0 N–H and O–H groups in total. The number of fused-ring (bicyclic) bond motifs is 1. The highest BCUT2D eigenvalue weighted by atomic mass is 19.1. The van der Waals surface area contributed by atoms with Crippen molar-refractivity contribution in [3.05, 3.63) is 47.3 Å². The topological polar surface area (TPSA) is 26.3 Å². The standard InChI is InChI=1S/C16H15FO2/c1-4-9-16(19-15(18)11(2)3)10-8-12-13(16)6-5-7-14(12)17/h5-7H,2,8,10H2,1,3H3. The van der Waals surface area contributed by atoms with Crippen LogP contribution in [-0.4, -0.2) is 5.97 Å². The highest BCUT2D eigenvalue weighted by Gasteiger charge is 2.42. The Labute approximate surface area is 112 Å². The zero-order valence-corrected chi connectivity index (χ0v) is 11.0. The van der Waals surface area contributed by atoms with Crippen LogP contribution < -0.4 is 0 Å². The van der Waals surface area contributed by atoms with Crippen LogP contribution >= 0.6 is 0 Å². The first-order valence-corrected chi connectivity index (χ1v) is 6.11. The molecule has 0 amide bonds. The van der Waals surface area contributed by atoms with Crippen molar-refractivity contribution in [3.8, 4) is 11.8 Å². The lowest BCUT2D eigenvalue weighted by molar-refractivity contribution is -0.150. The van der Waals surface area contributed by atoms with Crippen LogP contribution in [0.5, 0.6) is 0 Å². The molecule has 0 bridgehead atoms. The van der Waals surface area contributed by atoms with Gasteiger partial charge in [0.25, 0.3) is 0 Å². The predicted molar refractivity (Wildman–Crippen MR) is 70.8 cm³/mol. The Bertz CT molecular complexity index is 607. The van der Waals surface area contributed by atoms with Crippen LogP contribution in [0.2, 0.25) is 0 Å². The fourth-order valence-corrected chi connectivity index (χ4v) is 2.34. The van der Waals surface area contributed by atoms with Gasteiger partial charge in [0.15, 0.2) is 5.60 Å². The van der Waals surface area contributed by atoms with Crippen LogP contribution in [0.1, 0.15) is 31.4 Å². The van der Waals surface area contributed by atoms with E-state index in [9.17, 15) is 9.18 Å². The maximum Gasteiger partial charge on any atom is 0.334 e. The van der Waals surface area contributed by atoms with Crippen molar-refractivity contribution >= 4 is 5.97 Å². The second-order valence-electron chi connectivity index (χ2n) is 4.64. The molecular formula is C16H15FO2. The largest absolute Gasteiger partial charge is 0.438 e. The Morgan fingerprint density at radius 3 is 2.89 bits per heavy atom. The smallest absolute Gasteiger partial charge is 0.334 e. The molecule has 1 aliphatic rings. The van der Waals surface area contributed by atoms with Crippen molar-refractivity contribution in [2.75, 3.05) is 0 Å². The molecule has 0 aromatic heterocycles. The molecule has 19 heavy (non-hydrogen) atoms. The fourth-order valence-electron chi connectivity index (χ4n) is 2.34. The summed E-state index contributed by atoms with van der Waals surface area (Å²) in [6.45, 7) is 6.82. The lowest BCUT2D eigenvalue weighted by Crippen LogP contribution is -2.29. The molecule has 0 heterocycles. The van der Waals surface area contributed by atoms with Crippen LogP contribution in [0.25, 0.3) is 0 Å². The number of benzene rings is 1.